The van der Waals surface area contributed by atoms with E-state index in [1.807, 2.05) is 0 Å². The molecule has 0 amide bonds. The molecule has 0 aliphatic carbocycles. The SMILES string of the molecule is O=C(O)C1CCCc2cnc(-c3ccc(O)cc3)n21. The Balaban J connectivity index is 2.11. The van der Waals surface area contributed by atoms with E-state index in [1.165, 1.54) is 0 Å². The second-order valence-electron chi connectivity index (χ2n) is 4.74. The number of carboxylic acids is 1. The van der Waals surface area contributed by atoms with Crippen molar-refractivity contribution in [3.8, 4) is 17.1 Å². The third-order valence-corrected chi connectivity index (χ3v) is 3.51. The van der Waals surface area contributed by atoms with Gasteiger partial charge in [0.25, 0.3) is 0 Å². The number of rotatable bonds is 2. The number of fused-ring (bicyclic) bond motifs is 1. The fraction of sp³-hybridized carbons (Fsp3) is 0.286. The van der Waals surface area contributed by atoms with Crippen molar-refractivity contribution >= 4 is 5.97 Å². The van der Waals surface area contributed by atoms with Crippen molar-refractivity contribution in [2.45, 2.75) is 25.3 Å². The van der Waals surface area contributed by atoms with Crippen LogP contribution in [0.4, 0.5) is 0 Å². The lowest BCUT2D eigenvalue weighted by molar-refractivity contribution is -0.141. The normalized spacial score (nSPS) is 18.0. The van der Waals surface area contributed by atoms with E-state index in [2.05, 4.69) is 4.98 Å². The molecule has 0 saturated heterocycles. The summed E-state index contributed by atoms with van der Waals surface area (Å²) < 4.78 is 1.80. The number of hydrogen-bond donors (Lipinski definition) is 2. The van der Waals surface area contributed by atoms with Crippen LogP contribution in [0, 0.1) is 0 Å². The van der Waals surface area contributed by atoms with Gasteiger partial charge in [-0.2, -0.15) is 0 Å². The van der Waals surface area contributed by atoms with E-state index in [-0.39, 0.29) is 5.75 Å². The summed E-state index contributed by atoms with van der Waals surface area (Å²) in [6.07, 6.45) is 4.10. The molecule has 19 heavy (non-hydrogen) atoms. The van der Waals surface area contributed by atoms with Gasteiger partial charge in [-0.15, -0.1) is 0 Å². The minimum atomic E-state index is -0.820. The largest absolute Gasteiger partial charge is 0.508 e. The number of carboxylic acid groups (broad SMARTS) is 1. The first kappa shape index (κ1) is 11.8. The predicted molar refractivity (Wildman–Crippen MR) is 68.9 cm³/mol. The molecule has 2 heterocycles. The molecule has 0 fully saturated rings. The summed E-state index contributed by atoms with van der Waals surface area (Å²) in [5, 5.41) is 18.6. The Bertz CT molecular complexity index is 616. The number of aromatic nitrogens is 2. The van der Waals surface area contributed by atoms with E-state index < -0.39 is 12.0 Å². The first-order chi connectivity index (χ1) is 9.16. The molecule has 1 aliphatic rings. The van der Waals surface area contributed by atoms with Crippen molar-refractivity contribution in [3.63, 3.8) is 0 Å². The van der Waals surface area contributed by atoms with Gasteiger partial charge < -0.3 is 14.8 Å². The second kappa shape index (κ2) is 4.42. The highest BCUT2D eigenvalue weighted by Gasteiger charge is 2.28. The molecule has 2 aromatic rings. The van der Waals surface area contributed by atoms with Gasteiger partial charge in [0.05, 0.1) is 0 Å². The lowest BCUT2D eigenvalue weighted by Crippen LogP contribution is -2.25. The van der Waals surface area contributed by atoms with E-state index in [4.69, 9.17) is 0 Å². The van der Waals surface area contributed by atoms with Crippen molar-refractivity contribution in [1.82, 2.24) is 9.55 Å². The van der Waals surface area contributed by atoms with Gasteiger partial charge in [-0.05, 0) is 43.5 Å². The summed E-state index contributed by atoms with van der Waals surface area (Å²) in [5.74, 6) is 0.0186. The Morgan fingerprint density at radius 2 is 2.05 bits per heavy atom. The molecule has 5 nitrogen and oxygen atoms in total. The summed E-state index contributed by atoms with van der Waals surface area (Å²) in [6.45, 7) is 0. The zero-order chi connectivity index (χ0) is 13.4. The van der Waals surface area contributed by atoms with Crippen LogP contribution in [0.3, 0.4) is 0 Å². The fourth-order valence-corrected chi connectivity index (χ4v) is 2.59. The molecule has 1 atom stereocenters. The van der Waals surface area contributed by atoms with E-state index in [0.717, 1.165) is 24.1 Å². The number of nitrogens with zero attached hydrogens (tertiary/aromatic N) is 2. The molecule has 0 radical (unpaired) electrons. The molecule has 2 N–H and O–H groups in total. The summed E-state index contributed by atoms with van der Waals surface area (Å²) in [4.78, 5) is 15.7. The van der Waals surface area contributed by atoms with Gasteiger partial charge in [0, 0.05) is 17.5 Å². The molecule has 5 heteroatoms. The monoisotopic (exact) mass is 258 g/mol. The lowest BCUT2D eigenvalue weighted by Gasteiger charge is -2.24. The topological polar surface area (TPSA) is 75.3 Å². The molecule has 3 rings (SSSR count). The number of hydrogen-bond acceptors (Lipinski definition) is 3. The van der Waals surface area contributed by atoms with Crippen LogP contribution in [-0.2, 0) is 11.2 Å². The van der Waals surface area contributed by atoms with Gasteiger partial charge >= 0.3 is 5.97 Å². The van der Waals surface area contributed by atoms with Crippen LogP contribution >= 0.6 is 0 Å². The molecule has 1 aromatic heterocycles. The maximum Gasteiger partial charge on any atom is 0.326 e. The summed E-state index contributed by atoms with van der Waals surface area (Å²) >= 11 is 0. The van der Waals surface area contributed by atoms with E-state index in [0.29, 0.717) is 12.2 Å². The van der Waals surface area contributed by atoms with Crippen LogP contribution in [0.15, 0.2) is 30.5 Å². The molecule has 1 aliphatic heterocycles. The molecule has 1 unspecified atom stereocenters. The van der Waals surface area contributed by atoms with Crippen molar-refractivity contribution in [2.24, 2.45) is 0 Å². The molecular formula is C14H14N2O3. The first-order valence-electron chi connectivity index (χ1n) is 6.25. The van der Waals surface area contributed by atoms with Crippen molar-refractivity contribution < 1.29 is 15.0 Å². The number of phenols is 1. The second-order valence-corrected chi connectivity index (χ2v) is 4.74. The Morgan fingerprint density at radius 3 is 2.74 bits per heavy atom. The van der Waals surface area contributed by atoms with Crippen LogP contribution in [0.5, 0.6) is 5.75 Å². The van der Waals surface area contributed by atoms with E-state index >= 15 is 0 Å². The number of imidazole rings is 1. The first-order valence-corrected chi connectivity index (χ1v) is 6.25. The number of phenolic OH excluding ortho intramolecular Hbond substituents is 1. The third kappa shape index (κ3) is 1.97. The van der Waals surface area contributed by atoms with E-state index in [9.17, 15) is 15.0 Å². The maximum absolute atomic E-state index is 11.4. The highest BCUT2D eigenvalue weighted by atomic mass is 16.4. The van der Waals surface area contributed by atoms with E-state index in [1.54, 1.807) is 35.0 Å². The quantitative estimate of drug-likeness (QED) is 0.866. The van der Waals surface area contributed by atoms with Gasteiger partial charge in [0.1, 0.15) is 17.6 Å². The lowest BCUT2D eigenvalue weighted by atomic mass is 10.0. The average Bonchev–Trinajstić information content (AvgIpc) is 2.83. The summed E-state index contributed by atoms with van der Waals surface area (Å²) in [5.41, 5.74) is 1.78. The Labute approximate surface area is 110 Å². The molecule has 0 spiro atoms. The highest BCUT2D eigenvalue weighted by molar-refractivity contribution is 5.74. The predicted octanol–water partition coefficient (Wildman–Crippen LogP) is 2.22. The minimum absolute atomic E-state index is 0.184. The van der Waals surface area contributed by atoms with Crippen molar-refractivity contribution in [2.75, 3.05) is 0 Å². The molecular weight excluding hydrogens is 244 g/mol. The molecule has 98 valence electrons. The van der Waals surface area contributed by atoms with Crippen molar-refractivity contribution in [1.29, 1.82) is 0 Å². The number of carbonyl (C=O) groups is 1. The minimum Gasteiger partial charge on any atom is -0.508 e. The highest BCUT2D eigenvalue weighted by Crippen LogP contribution is 2.31. The van der Waals surface area contributed by atoms with Gasteiger partial charge in [-0.25, -0.2) is 9.78 Å². The van der Waals surface area contributed by atoms with Crippen LogP contribution in [0.1, 0.15) is 24.6 Å². The van der Waals surface area contributed by atoms with Gasteiger partial charge in [0.2, 0.25) is 0 Å². The third-order valence-electron chi connectivity index (χ3n) is 3.51. The van der Waals surface area contributed by atoms with Crippen LogP contribution in [0.2, 0.25) is 0 Å². The number of aryl methyl sites for hydroxylation is 1. The molecule has 0 bridgehead atoms. The fourth-order valence-electron chi connectivity index (χ4n) is 2.59. The smallest absolute Gasteiger partial charge is 0.326 e. The summed E-state index contributed by atoms with van der Waals surface area (Å²) in [6, 6.07) is 6.11. The average molecular weight is 258 g/mol. The van der Waals surface area contributed by atoms with Crippen LogP contribution in [-0.4, -0.2) is 25.7 Å². The van der Waals surface area contributed by atoms with Gasteiger partial charge in [0.15, 0.2) is 0 Å². The number of aromatic hydroxyl groups is 1. The zero-order valence-corrected chi connectivity index (χ0v) is 10.3. The zero-order valence-electron chi connectivity index (χ0n) is 10.3. The molecule has 1 aromatic carbocycles. The Kier molecular flexibility index (Phi) is 2.74. The number of aliphatic carboxylic acids is 1. The standard InChI is InChI=1S/C14H14N2O3/c17-11-6-4-9(5-7-11)13-15-8-10-2-1-3-12(14(18)19)16(10)13/h4-8,12,17H,1-3H2,(H,18,19). The van der Waals surface area contributed by atoms with Crippen LogP contribution < -0.4 is 0 Å². The van der Waals surface area contributed by atoms with Gasteiger partial charge in [-0.1, -0.05) is 0 Å². The van der Waals surface area contributed by atoms with Crippen LogP contribution in [0.25, 0.3) is 11.4 Å². The maximum atomic E-state index is 11.4. The Morgan fingerprint density at radius 1 is 1.32 bits per heavy atom. The Hall–Kier alpha value is -2.30. The summed E-state index contributed by atoms with van der Waals surface area (Å²) in [7, 11) is 0. The van der Waals surface area contributed by atoms with Crippen molar-refractivity contribution in [3.05, 3.63) is 36.2 Å². The molecule has 0 saturated carbocycles. The number of benzene rings is 1. The van der Waals surface area contributed by atoms with Gasteiger partial charge in [-0.3, -0.25) is 0 Å².